The average Bonchev–Trinajstić information content (AvgIpc) is 2.06. The predicted octanol–water partition coefficient (Wildman–Crippen LogP) is -0.924. The first-order chi connectivity index (χ1) is 5.74. The molecule has 0 aromatic rings. The van der Waals surface area contributed by atoms with E-state index in [0.29, 0.717) is 0 Å². The second-order valence-electron chi connectivity index (χ2n) is 1.39. The molecule has 8 heteroatoms. The fraction of sp³-hybridized carbons (Fsp3) is 0.250. The maximum atomic E-state index is 9.81. The van der Waals surface area contributed by atoms with Gasteiger partial charge in [-0.1, -0.05) is 0 Å². The minimum absolute atomic E-state index is 1.10. The zero-order valence-electron chi connectivity index (χ0n) is 5.97. The minimum Gasteiger partial charge on any atom is -0.366 e. The zero-order valence-corrected chi connectivity index (χ0v) is 6.97. The van der Waals surface area contributed by atoms with Crippen molar-refractivity contribution < 1.29 is 18.8 Å². The lowest BCUT2D eigenvalue weighted by Crippen LogP contribution is -2.30. The molecule has 0 amide bonds. The van der Waals surface area contributed by atoms with Gasteiger partial charge in [-0.25, -0.2) is 14.4 Å². The zero-order chi connectivity index (χ0) is 9.45. The van der Waals surface area contributed by atoms with E-state index < -0.39 is 8.80 Å². The fourth-order valence-corrected chi connectivity index (χ4v) is 1.17. The van der Waals surface area contributed by atoms with Crippen LogP contribution in [0.4, 0.5) is 0 Å². The van der Waals surface area contributed by atoms with E-state index >= 15 is 0 Å². The number of hydrogen-bond donors (Lipinski definition) is 0. The smallest absolute Gasteiger partial charge is 0.366 e. The molecule has 7 nitrogen and oxygen atoms in total. The highest BCUT2D eigenvalue weighted by molar-refractivity contribution is 6.70. The molecule has 62 valence electrons. The van der Waals surface area contributed by atoms with Crippen LogP contribution in [0, 0.1) is 0 Å². The number of isocyanates is 3. The lowest BCUT2D eigenvalue weighted by Gasteiger charge is -2.04. The van der Waals surface area contributed by atoms with Crippen molar-refractivity contribution in [2.24, 2.45) is 14.0 Å². The summed E-state index contributed by atoms with van der Waals surface area (Å²) in [7, 11) is -2.56. The van der Waals surface area contributed by atoms with Crippen LogP contribution in [0.15, 0.2) is 14.0 Å². The summed E-state index contributed by atoms with van der Waals surface area (Å²) in [5.41, 5.74) is 0. The Hall–Kier alpha value is -1.68. The van der Waals surface area contributed by atoms with Crippen molar-refractivity contribution in [2.75, 3.05) is 7.11 Å². The number of hydrogen-bond acceptors (Lipinski definition) is 7. The summed E-state index contributed by atoms with van der Waals surface area (Å²) in [5.74, 6) is 0. The van der Waals surface area contributed by atoms with E-state index in [1.54, 1.807) is 0 Å². The second kappa shape index (κ2) is 5.03. The summed E-state index contributed by atoms with van der Waals surface area (Å²) in [6.45, 7) is 0. The molecule has 0 heterocycles. The molecule has 0 aliphatic heterocycles. The number of nitrogens with zero attached hydrogens (tertiary/aromatic N) is 3. The van der Waals surface area contributed by atoms with Gasteiger partial charge in [-0.05, 0) is 0 Å². The van der Waals surface area contributed by atoms with Gasteiger partial charge in [0.1, 0.15) is 0 Å². The first kappa shape index (κ1) is 10.3. The van der Waals surface area contributed by atoms with Crippen LogP contribution in [0.5, 0.6) is 0 Å². The van der Waals surface area contributed by atoms with Gasteiger partial charge < -0.3 is 4.43 Å². The van der Waals surface area contributed by atoms with Crippen molar-refractivity contribution in [3.63, 3.8) is 0 Å². The van der Waals surface area contributed by atoms with Crippen molar-refractivity contribution in [1.82, 2.24) is 0 Å². The lowest BCUT2D eigenvalue weighted by atomic mass is 11.7. The third kappa shape index (κ3) is 2.51. The van der Waals surface area contributed by atoms with Crippen molar-refractivity contribution in [3.8, 4) is 0 Å². The second-order valence-corrected chi connectivity index (χ2v) is 3.61. The molecular formula is C4H3N3O4Si. The van der Waals surface area contributed by atoms with E-state index in [2.05, 4.69) is 18.4 Å². The van der Waals surface area contributed by atoms with Gasteiger partial charge in [-0.3, -0.25) is 0 Å². The Kier molecular flexibility index (Phi) is 4.33. The van der Waals surface area contributed by atoms with E-state index in [4.69, 9.17) is 0 Å². The summed E-state index contributed by atoms with van der Waals surface area (Å²) in [6.07, 6.45) is 3.29. The van der Waals surface area contributed by atoms with Crippen LogP contribution in [-0.2, 0) is 18.8 Å². The summed E-state index contributed by atoms with van der Waals surface area (Å²) >= 11 is 0. The Morgan fingerprint density at radius 3 is 1.50 bits per heavy atom. The average molecular weight is 185 g/mol. The Balaban J connectivity index is 5.13. The molecule has 0 unspecified atom stereocenters. The molecule has 0 aliphatic carbocycles. The molecule has 0 spiro atoms. The van der Waals surface area contributed by atoms with Gasteiger partial charge >= 0.3 is 8.80 Å². The SMILES string of the molecule is CO[Si](N=C=O)(N=C=O)N=C=O. The van der Waals surface area contributed by atoms with Crippen molar-refractivity contribution in [2.45, 2.75) is 0 Å². The molecule has 0 aromatic carbocycles. The normalized spacial score (nSPS) is 12.8. The van der Waals surface area contributed by atoms with E-state index in [1.807, 2.05) is 0 Å². The molecule has 0 bridgehead atoms. The predicted molar refractivity (Wildman–Crippen MR) is 37.1 cm³/mol. The summed E-state index contributed by atoms with van der Waals surface area (Å²) < 4.78 is 13.5. The molecular weight excluding hydrogens is 182 g/mol. The first-order valence-corrected chi connectivity index (χ1v) is 4.32. The minimum atomic E-state index is -3.67. The maximum Gasteiger partial charge on any atom is 0.633 e. The molecule has 0 rings (SSSR count). The molecule has 0 atom stereocenters. The van der Waals surface area contributed by atoms with Crippen LogP contribution in [0.3, 0.4) is 0 Å². The maximum absolute atomic E-state index is 9.81. The van der Waals surface area contributed by atoms with Gasteiger partial charge in [0.05, 0.1) is 0 Å². The van der Waals surface area contributed by atoms with Crippen molar-refractivity contribution in [1.29, 1.82) is 0 Å². The van der Waals surface area contributed by atoms with Gasteiger partial charge in [0.25, 0.3) is 0 Å². The monoisotopic (exact) mass is 185 g/mol. The molecule has 0 aromatic heterocycles. The molecule has 0 saturated carbocycles. The number of carbonyl (C=O) groups excluding carboxylic acids is 3. The highest BCUT2D eigenvalue weighted by Crippen LogP contribution is 2.06. The molecule has 0 saturated heterocycles. The van der Waals surface area contributed by atoms with Gasteiger partial charge in [0, 0.05) is 7.11 Å². The van der Waals surface area contributed by atoms with Crippen LogP contribution in [0.25, 0.3) is 0 Å². The third-order valence-electron chi connectivity index (χ3n) is 0.848. The number of rotatable bonds is 4. The standard InChI is InChI=1S/C4H3N3O4Si/c1-11-12(5-2-8,6-3-9)7-4-10/h1H3. The van der Waals surface area contributed by atoms with Crippen LogP contribution in [0.1, 0.15) is 0 Å². The van der Waals surface area contributed by atoms with Gasteiger partial charge in [0.15, 0.2) is 0 Å². The summed E-state index contributed by atoms with van der Waals surface area (Å²) in [6, 6.07) is 0. The largest absolute Gasteiger partial charge is 0.633 e. The molecule has 0 fully saturated rings. The van der Waals surface area contributed by atoms with E-state index in [-0.39, 0.29) is 0 Å². The fourth-order valence-electron chi connectivity index (χ4n) is 0.390. The van der Waals surface area contributed by atoms with E-state index in [0.717, 1.165) is 25.3 Å². The van der Waals surface area contributed by atoms with E-state index in [1.165, 1.54) is 0 Å². The molecule has 12 heavy (non-hydrogen) atoms. The Morgan fingerprint density at radius 1 is 1.00 bits per heavy atom. The summed E-state index contributed by atoms with van der Waals surface area (Å²) in [5, 5.41) is 0. The lowest BCUT2D eigenvalue weighted by molar-refractivity contribution is 0.395. The van der Waals surface area contributed by atoms with Gasteiger partial charge in [0.2, 0.25) is 18.2 Å². The third-order valence-corrected chi connectivity index (χ3v) is 2.54. The Morgan fingerprint density at radius 2 is 1.33 bits per heavy atom. The highest BCUT2D eigenvalue weighted by Gasteiger charge is 2.38. The van der Waals surface area contributed by atoms with Crippen molar-refractivity contribution in [3.05, 3.63) is 0 Å². The molecule has 0 radical (unpaired) electrons. The molecule has 0 N–H and O–H groups in total. The van der Waals surface area contributed by atoms with Crippen LogP contribution in [0.2, 0.25) is 0 Å². The van der Waals surface area contributed by atoms with Gasteiger partial charge in [-0.2, -0.15) is 14.0 Å². The quantitative estimate of drug-likeness (QED) is 0.321. The van der Waals surface area contributed by atoms with Crippen LogP contribution in [-0.4, -0.2) is 34.2 Å². The summed E-state index contributed by atoms with van der Waals surface area (Å²) in [4.78, 5) is 29.4. The van der Waals surface area contributed by atoms with Gasteiger partial charge in [-0.15, -0.1) is 0 Å². The highest BCUT2D eigenvalue weighted by atomic mass is 28.4. The van der Waals surface area contributed by atoms with Crippen LogP contribution < -0.4 is 0 Å². The molecule has 0 aliphatic rings. The Labute approximate surface area is 67.9 Å². The topological polar surface area (TPSA) is 97.5 Å². The van der Waals surface area contributed by atoms with Crippen molar-refractivity contribution >= 4 is 27.0 Å². The van der Waals surface area contributed by atoms with Crippen LogP contribution >= 0.6 is 0 Å². The Bertz CT molecular complexity index is 252. The first-order valence-electron chi connectivity index (χ1n) is 2.57. The van der Waals surface area contributed by atoms with E-state index in [9.17, 15) is 14.4 Å².